The van der Waals surface area contributed by atoms with E-state index >= 15 is 0 Å². The van der Waals surface area contributed by atoms with Crippen molar-refractivity contribution in [3.05, 3.63) is 69.9 Å². The SMILES string of the molecule is Nc1ccc(F)cc1NC(=O)c1cc2c(s1)CN(C(=O)Nc1ccncc1)CC2. The number of fused-ring (bicyclic) bond motifs is 1. The fraction of sp³-hybridized carbons (Fsp3) is 0.150. The number of nitrogens with two attached hydrogens (primary N) is 1. The van der Waals surface area contributed by atoms with Crippen LogP contribution in [0.1, 0.15) is 20.1 Å². The van der Waals surface area contributed by atoms with E-state index in [2.05, 4.69) is 15.6 Å². The van der Waals surface area contributed by atoms with Gasteiger partial charge in [0.2, 0.25) is 0 Å². The summed E-state index contributed by atoms with van der Waals surface area (Å²) in [4.78, 5) is 32.2. The quantitative estimate of drug-likeness (QED) is 0.572. The van der Waals surface area contributed by atoms with Crippen molar-refractivity contribution in [2.75, 3.05) is 22.9 Å². The molecular weight excluding hydrogens is 393 g/mol. The molecule has 29 heavy (non-hydrogen) atoms. The molecule has 0 saturated carbocycles. The number of urea groups is 1. The van der Waals surface area contributed by atoms with Crippen molar-refractivity contribution in [2.24, 2.45) is 0 Å². The average Bonchev–Trinajstić information content (AvgIpc) is 3.15. The van der Waals surface area contributed by atoms with Crippen LogP contribution in [-0.2, 0) is 13.0 Å². The van der Waals surface area contributed by atoms with E-state index in [0.717, 1.165) is 10.4 Å². The number of halogens is 1. The molecule has 0 radical (unpaired) electrons. The van der Waals surface area contributed by atoms with Gasteiger partial charge in [0, 0.05) is 29.5 Å². The van der Waals surface area contributed by atoms with Crippen LogP contribution < -0.4 is 16.4 Å². The molecule has 0 saturated heterocycles. The molecule has 148 valence electrons. The van der Waals surface area contributed by atoms with Crippen molar-refractivity contribution >= 4 is 40.3 Å². The van der Waals surface area contributed by atoms with E-state index in [1.807, 2.05) is 6.07 Å². The Bertz CT molecular complexity index is 1070. The van der Waals surface area contributed by atoms with E-state index in [1.54, 1.807) is 29.4 Å². The lowest BCUT2D eigenvalue weighted by Gasteiger charge is -2.26. The van der Waals surface area contributed by atoms with E-state index in [-0.39, 0.29) is 17.6 Å². The molecule has 1 aromatic carbocycles. The Labute approximate surface area is 170 Å². The molecular formula is C20H18FN5O2S. The zero-order chi connectivity index (χ0) is 20.4. The van der Waals surface area contributed by atoms with Gasteiger partial charge >= 0.3 is 6.03 Å². The lowest BCUT2D eigenvalue weighted by atomic mass is 10.1. The Morgan fingerprint density at radius 3 is 2.72 bits per heavy atom. The number of pyridine rings is 1. The van der Waals surface area contributed by atoms with Gasteiger partial charge in [-0.05, 0) is 48.4 Å². The smallest absolute Gasteiger partial charge is 0.322 e. The standard InChI is InChI=1S/C20H18FN5O2S/c21-13-1-2-15(22)16(10-13)25-19(27)17-9-12-5-8-26(11-18(12)29-17)20(28)24-14-3-6-23-7-4-14/h1-4,6-7,9-10H,5,8,11,22H2,(H,25,27)(H,23,24,28). The molecule has 0 aliphatic carbocycles. The minimum atomic E-state index is -0.476. The minimum Gasteiger partial charge on any atom is -0.397 e. The molecule has 2 aromatic heterocycles. The summed E-state index contributed by atoms with van der Waals surface area (Å²) in [6.45, 7) is 0.977. The van der Waals surface area contributed by atoms with Crippen LogP contribution >= 0.6 is 11.3 Å². The summed E-state index contributed by atoms with van der Waals surface area (Å²) in [7, 11) is 0. The molecule has 1 aliphatic heterocycles. The van der Waals surface area contributed by atoms with Gasteiger partial charge in [-0.2, -0.15) is 0 Å². The Balaban J connectivity index is 1.44. The number of nitrogens with zero attached hydrogens (tertiary/aromatic N) is 2. The third-order valence-corrected chi connectivity index (χ3v) is 5.75. The van der Waals surface area contributed by atoms with E-state index < -0.39 is 5.82 Å². The molecule has 3 heterocycles. The highest BCUT2D eigenvalue weighted by molar-refractivity contribution is 7.14. The third kappa shape index (κ3) is 4.19. The van der Waals surface area contributed by atoms with Crippen molar-refractivity contribution < 1.29 is 14.0 Å². The molecule has 0 atom stereocenters. The number of nitrogens with one attached hydrogen (secondary N) is 2. The average molecular weight is 411 g/mol. The van der Waals surface area contributed by atoms with Crippen LogP contribution in [0.5, 0.6) is 0 Å². The Morgan fingerprint density at radius 1 is 1.14 bits per heavy atom. The zero-order valence-electron chi connectivity index (χ0n) is 15.3. The van der Waals surface area contributed by atoms with Gasteiger partial charge in [-0.15, -0.1) is 11.3 Å². The van der Waals surface area contributed by atoms with E-state index in [1.165, 1.54) is 29.5 Å². The number of anilines is 3. The maximum atomic E-state index is 13.4. The molecule has 4 rings (SSSR count). The second-order valence-corrected chi connectivity index (χ2v) is 7.72. The summed E-state index contributed by atoms with van der Waals surface area (Å²) >= 11 is 1.32. The van der Waals surface area contributed by atoms with E-state index in [0.29, 0.717) is 35.8 Å². The van der Waals surface area contributed by atoms with Crippen LogP contribution in [0.2, 0.25) is 0 Å². The van der Waals surface area contributed by atoms with Gasteiger partial charge in [0.05, 0.1) is 22.8 Å². The van der Waals surface area contributed by atoms with Crippen molar-refractivity contribution in [1.29, 1.82) is 0 Å². The van der Waals surface area contributed by atoms with Crippen LogP contribution in [0.4, 0.5) is 26.2 Å². The highest BCUT2D eigenvalue weighted by atomic mass is 32.1. The summed E-state index contributed by atoms with van der Waals surface area (Å²) in [5, 5.41) is 5.49. The molecule has 1 aliphatic rings. The highest BCUT2D eigenvalue weighted by Crippen LogP contribution is 2.30. The van der Waals surface area contributed by atoms with Gasteiger partial charge in [-0.25, -0.2) is 9.18 Å². The first kappa shape index (κ1) is 18.9. The molecule has 0 unspecified atom stereocenters. The summed E-state index contributed by atoms with van der Waals surface area (Å²) in [6, 6.07) is 8.89. The number of hydrogen-bond acceptors (Lipinski definition) is 5. The largest absolute Gasteiger partial charge is 0.397 e. The molecule has 9 heteroatoms. The molecule has 0 spiro atoms. The lowest BCUT2D eigenvalue weighted by molar-refractivity contribution is 0.103. The Hall–Kier alpha value is -3.46. The van der Waals surface area contributed by atoms with Crippen molar-refractivity contribution in [3.63, 3.8) is 0 Å². The summed E-state index contributed by atoms with van der Waals surface area (Å²) in [6.07, 6.45) is 3.88. The lowest BCUT2D eigenvalue weighted by Crippen LogP contribution is -2.38. The van der Waals surface area contributed by atoms with Crippen LogP contribution in [0.15, 0.2) is 48.8 Å². The van der Waals surface area contributed by atoms with Crippen molar-refractivity contribution in [3.8, 4) is 0 Å². The van der Waals surface area contributed by atoms with Crippen LogP contribution in [0, 0.1) is 5.82 Å². The van der Waals surface area contributed by atoms with Crippen molar-refractivity contribution in [2.45, 2.75) is 13.0 Å². The van der Waals surface area contributed by atoms with E-state index in [4.69, 9.17) is 5.73 Å². The number of amides is 3. The van der Waals surface area contributed by atoms with Gasteiger partial charge in [-0.1, -0.05) is 0 Å². The first-order valence-corrected chi connectivity index (χ1v) is 9.75. The van der Waals surface area contributed by atoms with Gasteiger partial charge in [0.1, 0.15) is 5.82 Å². The molecule has 0 fully saturated rings. The second-order valence-electron chi connectivity index (χ2n) is 6.58. The number of benzene rings is 1. The predicted molar refractivity (Wildman–Crippen MR) is 110 cm³/mol. The fourth-order valence-electron chi connectivity index (χ4n) is 3.06. The number of nitrogen functional groups attached to an aromatic ring is 1. The topological polar surface area (TPSA) is 100 Å². The molecule has 7 nitrogen and oxygen atoms in total. The molecule has 4 N–H and O–H groups in total. The van der Waals surface area contributed by atoms with Gasteiger partial charge in [-0.3, -0.25) is 9.78 Å². The number of thiophene rings is 1. The first-order chi connectivity index (χ1) is 14.0. The molecule has 3 amide bonds. The second kappa shape index (κ2) is 7.88. The Kier molecular flexibility index (Phi) is 5.13. The zero-order valence-corrected chi connectivity index (χ0v) is 16.1. The van der Waals surface area contributed by atoms with E-state index in [9.17, 15) is 14.0 Å². The third-order valence-electron chi connectivity index (χ3n) is 4.59. The molecule has 3 aromatic rings. The van der Waals surface area contributed by atoms with Gasteiger partial charge in [0.15, 0.2) is 0 Å². The van der Waals surface area contributed by atoms with Gasteiger partial charge < -0.3 is 21.3 Å². The fourth-order valence-corrected chi connectivity index (χ4v) is 4.19. The summed E-state index contributed by atoms with van der Waals surface area (Å²) in [5.74, 6) is -0.828. The maximum Gasteiger partial charge on any atom is 0.322 e. The number of carbonyl (C=O) groups is 2. The Morgan fingerprint density at radius 2 is 1.93 bits per heavy atom. The normalized spacial score (nSPS) is 12.9. The van der Waals surface area contributed by atoms with Crippen LogP contribution in [0.25, 0.3) is 0 Å². The van der Waals surface area contributed by atoms with Crippen LogP contribution in [-0.4, -0.2) is 28.4 Å². The minimum absolute atomic E-state index is 0.200. The summed E-state index contributed by atoms with van der Waals surface area (Å²) < 4.78 is 13.4. The number of carbonyl (C=O) groups excluding carboxylic acids is 2. The highest BCUT2D eigenvalue weighted by Gasteiger charge is 2.24. The summed E-state index contributed by atoms with van der Waals surface area (Å²) in [5.41, 5.74) is 8.04. The number of rotatable bonds is 3. The number of hydrogen-bond donors (Lipinski definition) is 3. The first-order valence-electron chi connectivity index (χ1n) is 8.93. The monoisotopic (exact) mass is 411 g/mol. The predicted octanol–water partition coefficient (Wildman–Crippen LogP) is 3.71. The molecule has 0 bridgehead atoms. The maximum absolute atomic E-state index is 13.4. The van der Waals surface area contributed by atoms with Crippen molar-refractivity contribution in [1.82, 2.24) is 9.88 Å². The van der Waals surface area contributed by atoms with Crippen LogP contribution in [0.3, 0.4) is 0 Å². The van der Waals surface area contributed by atoms with Gasteiger partial charge in [0.25, 0.3) is 5.91 Å². The number of aromatic nitrogens is 1.